The quantitative estimate of drug-likeness (QED) is 0.723. The molecule has 0 aliphatic rings. The molecule has 1 heterocycles. The molecule has 0 amide bonds. The summed E-state index contributed by atoms with van der Waals surface area (Å²) in [5.41, 5.74) is 1.11. The number of rotatable bonds is 2. The number of aromatic nitrogens is 1. The van der Waals surface area contributed by atoms with Crippen LogP contribution in [0, 0.1) is 6.92 Å². The minimum absolute atomic E-state index is 0.509. The van der Waals surface area contributed by atoms with E-state index >= 15 is 0 Å². The normalized spacial score (nSPS) is 10.4. The fraction of sp³-hybridized carbons (Fsp3) is 0.0833. The van der Waals surface area contributed by atoms with Gasteiger partial charge in [0.25, 0.3) is 0 Å². The number of pyridine rings is 1. The van der Waals surface area contributed by atoms with Crippen molar-refractivity contribution in [3.05, 3.63) is 52.3 Å². The van der Waals surface area contributed by atoms with Crippen molar-refractivity contribution >= 4 is 35.0 Å². The van der Waals surface area contributed by atoms with Crippen LogP contribution in [-0.4, -0.2) is 4.98 Å². The Hall–Kier alpha value is -0.700. The molecule has 1 nitrogen and oxygen atoms in total. The Kier molecular flexibility index (Phi) is 3.74. The highest BCUT2D eigenvalue weighted by molar-refractivity contribution is 7.99. The van der Waals surface area contributed by atoms with Crippen LogP contribution >= 0.6 is 35.0 Å². The third-order valence-electron chi connectivity index (χ3n) is 2.04. The van der Waals surface area contributed by atoms with Crippen molar-refractivity contribution in [2.45, 2.75) is 16.7 Å². The van der Waals surface area contributed by atoms with Crippen LogP contribution in [-0.2, 0) is 0 Å². The van der Waals surface area contributed by atoms with Gasteiger partial charge in [0, 0.05) is 21.0 Å². The Morgan fingerprint density at radius 3 is 2.75 bits per heavy atom. The molecule has 0 N–H and O–H groups in total. The molecular weight excluding hydrogens is 261 g/mol. The second-order valence-corrected chi connectivity index (χ2v) is 5.27. The molecule has 0 unspecified atom stereocenters. The zero-order chi connectivity index (χ0) is 11.5. The van der Waals surface area contributed by atoms with Crippen LogP contribution in [0.2, 0.25) is 10.2 Å². The SMILES string of the molecule is Cc1cnc(Cl)cc1Sc1cccc(Cl)c1. The lowest BCUT2D eigenvalue weighted by atomic mass is 10.3. The average Bonchev–Trinajstić information content (AvgIpc) is 2.24. The lowest BCUT2D eigenvalue weighted by Crippen LogP contribution is -1.83. The molecule has 82 valence electrons. The predicted octanol–water partition coefficient (Wildman–Crippen LogP) is 4.85. The summed E-state index contributed by atoms with van der Waals surface area (Å²) < 4.78 is 0. The molecule has 0 aliphatic heterocycles. The van der Waals surface area contributed by atoms with Crippen molar-refractivity contribution in [1.29, 1.82) is 0 Å². The number of hydrogen-bond acceptors (Lipinski definition) is 2. The van der Waals surface area contributed by atoms with E-state index < -0.39 is 0 Å². The molecule has 2 rings (SSSR count). The Labute approximate surface area is 109 Å². The minimum Gasteiger partial charge on any atom is -0.244 e. The monoisotopic (exact) mass is 269 g/mol. The van der Waals surface area contributed by atoms with E-state index in [1.54, 1.807) is 18.0 Å². The maximum absolute atomic E-state index is 5.93. The van der Waals surface area contributed by atoms with Gasteiger partial charge in [-0.3, -0.25) is 0 Å². The topological polar surface area (TPSA) is 12.9 Å². The zero-order valence-electron chi connectivity index (χ0n) is 8.58. The maximum atomic E-state index is 5.93. The molecule has 0 saturated carbocycles. The molecule has 1 aromatic heterocycles. The van der Waals surface area contributed by atoms with Gasteiger partial charge in [0.1, 0.15) is 5.15 Å². The molecule has 0 atom stereocenters. The number of nitrogens with zero attached hydrogens (tertiary/aromatic N) is 1. The van der Waals surface area contributed by atoms with Gasteiger partial charge in [0.05, 0.1) is 0 Å². The van der Waals surface area contributed by atoms with Gasteiger partial charge < -0.3 is 0 Å². The third-order valence-corrected chi connectivity index (χ3v) is 3.64. The van der Waals surface area contributed by atoms with E-state index in [4.69, 9.17) is 23.2 Å². The molecule has 2 aromatic rings. The summed E-state index contributed by atoms with van der Waals surface area (Å²) in [6, 6.07) is 9.60. The Morgan fingerprint density at radius 1 is 1.19 bits per heavy atom. The van der Waals surface area contributed by atoms with Crippen molar-refractivity contribution < 1.29 is 0 Å². The molecule has 0 saturated heterocycles. The van der Waals surface area contributed by atoms with Crippen LogP contribution in [0.4, 0.5) is 0 Å². The predicted molar refractivity (Wildman–Crippen MR) is 69.6 cm³/mol. The molecule has 0 fully saturated rings. The van der Waals surface area contributed by atoms with E-state index in [9.17, 15) is 0 Å². The Morgan fingerprint density at radius 2 is 2.00 bits per heavy atom. The summed E-state index contributed by atoms with van der Waals surface area (Å²) >= 11 is 13.4. The van der Waals surface area contributed by atoms with E-state index in [2.05, 4.69) is 4.98 Å². The third kappa shape index (κ3) is 2.91. The summed E-state index contributed by atoms with van der Waals surface area (Å²) in [5, 5.41) is 1.25. The molecule has 0 spiro atoms. The van der Waals surface area contributed by atoms with E-state index in [0.29, 0.717) is 5.15 Å². The largest absolute Gasteiger partial charge is 0.244 e. The standard InChI is InChI=1S/C12H9Cl2NS/c1-8-7-15-12(14)6-11(8)16-10-4-2-3-9(13)5-10/h2-7H,1H3. The molecular formula is C12H9Cl2NS. The Balaban J connectivity index is 2.30. The molecule has 16 heavy (non-hydrogen) atoms. The summed E-state index contributed by atoms with van der Waals surface area (Å²) in [4.78, 5) is 6.22. The van der Waals surface area contributed by atoms with Gasteiger partial charge in [-0.25, -0.2) is 4.98 Å². The van der Waals surface area contributed by atoms with Crippen LogP contribution < -0.4 is 0 Å². The summed E-state index contributed by atoms with van der Waals surface area (Å²) in [6.45, 7) is 2.01. The fourth-order valence-electron chi connectivity index (χ4n) is 1.25. The van der Waals surface area contributed by atoms with E-state index in [1.165, 1.54) is 0 Å². The second-order valence-electron chi connectivity index (χ2n) is 3.33. The van der Waals surface area contributed by atoms with Gasteiger partial charge in [0.15, 0.2) is 0 Å². The van der Waals surface area contributed by atoms with Gasteiger partial charge in [-0.15, -0.1) is 0 Å². The van der Waals surface area contributed by atoms with Crippen molar-refractivity contribution in [2.75, 3.05) is 0 Å². The molecule has 0 aliphatic carbocycles. The first-order valence-electron chi connectivity index (χ1n) is 4.71. The highest BCUT2D eigenvalue weighted by atomic mass is 35.5. The van der Waals surface area contributed by atoms with E-state index in [0.717, 1.165) is 20.4 Å². The van der Waals surface area contributed by atoms with E-state index in [1.807, 2.05) is 37.3 Å². The van der Waals surface area contributed by atoms with Crippen LogP contribution in [0.5, 0.6) is 0 Å². The van der Waals surface area contributed by atoms with E-state index in [-0.39, 0.29) is 0 Å². The highest BCUT2D eigenvalue weighted by Gasteiger charge is 2.03. The number of halogens is 2. The van der Waals surface area contributed by atoms with Gasteiger partial charge in [-0.2, -0.15) is 0 Å². The van der Waals surface area contributed by atoms with Crippen molar-refractivity contribution in [3.63, 3.8) is 0 Å². The van der Waals surface area contributed by atoms with Crippen molar-refractivity contribution in [1.82, 2.24) is 4.98 Å². The fourth-order valence-corrected chi connectivity index (χ4v) is 2.70. The van der Waals surface area contributed by atoms with Gasteiger partial charge in [-0.1, -0.05) is 41.0 Å². The second kappa shape index (κ2) is 5.09. The smallest absolute Gasteiger partial charge is 0.130 e. The Bertz CT molecular complexity index is 514. The molecule has 0 bridgehead atoms. The first kappa shape index (κ1) is 11.8. The number of aryl methyl sites for hydroxylation is 1. The summed E-state index contributed by atoms with van der Waals surface area (Å²) in [7, 11) is 0. The number of hydrogen-bond donors (Lipinski definition) is 0. The molecule has 1 aromatic carbocycles. The van der Waals surface area contributed by atoms with Crippen LogP contribution in [0.3, 0.4) is 0 Å². The first-order chi connectivity index (χ1) is 7.65. The van der Waals surface area contributed by atoms with Crippen LogP contribution in [0.15, 0.2) is 46.3 Å². The lowest BCUT2D eigenvalue weighted by Gasteiger charge is -2.05. The minimum atomic E-state index is 0.509. The summed E-state index contributed by atoms with van der Waals surface area (Å²) in [5.74, 6) is 0. The van der Waals surface area contributed by atoms with Crippen LogP contribution in [0.1, 0.15) is 5.56 Å². The summed E-state index contributed by atoms with van der Waals surface area (Å²) in [6.07, 6.45) is 1.77. The number of benzene rings is 1. The maximum Gasteiger partial charge on any atom is 0.130 e. The molecule has 0 radical (unpaired) electrons. The van der Waals surface area contributed by atoms with Gasteiger partial charge >= 0.3 is 0 Å². The lowest BCUT2D eigenvalue weighted by molar-refractivity contribution is 1.18. The van der Waals surface area contributed by atoms with Crippen molar-refractivity contribution in [3.8, 4) is 0 Å². The zero-order valence-corrected chi connectivity index (χ0v) is 10.9. The van der Waals surface area contributed by atoms with Gasteiger partial charge in [0.2, 0.25) is 0 Å². The first-order valence-corrected chi connectivity index (χ1v) is 6.28. The molecule has 4 heteroatoms. The highest BCUT2D eigenvalue weighted by Crippen LogP contribution is 2.32. The average molecular weight is 270 g/mol. The van der Waals surface area contributed by atoms with Crippen molar-refractivity contribution in [2.24, 2.45) is 0 Å². The van der Waals surface area contributed by atoms with Crippen LogP contribution in [0.25, 0.3) is 0 Å². The van der Waals surface area contributed by atoms with Gasteiger partial charge in [-0.05, 0) is 36.8 Å².